The van der Waals surface area contributed by atoms with E-state index in [0.29, 0.717) is 4.77 Å². The molecule has 1 unspecified atom stereocenters. The van der Waals surface area contributed by atoms with Gasteiger partial charge in [0.15, 0.2) is 11.0 Å². The largest absolute Gasteiger partial charge is 0.348 e. The summed E-state index contributed by atoms with van der Waals surface area (Å²) in [6.07, 6.45) is 3.48. The molecule has 0 radical (unpaired) electrons. The van der Waals surface area contributed by atoms with Gasteiger partial charge >= 0.3 is 0 Å². The smallest absolute Gasteiger partial charge is 0.213 e. The van der Waals surface area contributed by atoms with E-state index >= 15 is 0 Å². The highest BCUT2D eigenvalue weighted by molar-refractivity contribution is 7.71. The molecule has 0 aromatic carbocycles. The average Bonchev–Trinajstić information content (AvgIpc) is 3.04. The summed E-state index contributed by atoms with van der Waals surface area (Å²) < 4.78 is 0.489. The number of nitrogens with zero attached hydrogens (tertiary/aromatic N) is 3. The van der Waals surface area contributed by atoms with Crippen molar-refractivity contribution in [1.29, 1.82) is 0 Å². The standard InChI is InChI=1S/C13H19N5S2/c1-3-9-10(11-15-12(19)17-16-11)20-13(14-9)18-6-4-5-8(2)7-18/h8H,3-7H2,1-2H3,(H2,15,16,17,19). The molecule has 1 aliphatic rings. The summed E-state index contributed by atoms with van der Waals surface area (Å²) in [6, 6.07) is 0. The molecule has 1 atom stereocenters. The van der Waals surface area contributed by atoms with Crippen LogP contribution in [0.3, 0.4) is 0 Å². The molecule has 2 N–H and O–H groups in total. The Morgan fingerprint density at radius 2 is 2.25 bits per heavy atom. The predicted molar refractivity (Wildman–Crippen MR) is 84.9 cm³/mol. The van der Waals surface area contributed by atoms with Gasteiger partial charge in [0, 0.05) is 13.1 Å². The van der Waals surface area contributed by atoms with Crippen molar-refractivity contribution in [2.24, 2.45) is 5.92 Å². The molecule has 0 bridgehead atoms. The van der Waals surface area contributed by atoms with Gasteiger partial charge in [0.05, 0.1) is 10.6 Å². The number of hydrogen-bond donors (Lipinski definition) is 2. The summed E-state index contributed by atoms with van der Waals surface area (Å²) >= 11 is 6.75. The molecule has 1 saturated heterocycles. The zero-order valence-corrected chi connectivity index (χ0v) is 13.4. The summed E-state index contributed by atoms with van der Waals surface area (Å²) in [5.74, 6) is 1.55. The van der Waals surface area contributed by atoms with Gasteiger partial charge in [0.2, 0.25) is 4.77 Å². The van der Waals surface area contributed by atoms with Gasteiger partial charge in [-0.05, 0) is 37.4 Å². The molecular weight excluding hydrogens is 290 g/mol. The predicted octanol–water partition coefficient (Wildman–Crippen LogP) is 3.39. The van der Waals surface area contributed by atoms with E-state index in [2.05, 4.69) is 33.9 Å². The molecule has 7 heteroatoms. The van der Waals surface area contributed by atoms with Crippen molar-refractivity contribution in [3.05, 3.63) is 10.5 Å². The average molecular weight is 309 g/mol. The molecule has 5 nitrogen and oxygen atoms in total. The number of rotatable bonds is 3. The third-order valence-electron chi connectivity index (χ3n) is 3.66. The quantitative estimate of drug-likeness (QED) is 0.853. The molecule has 0 amide bonds. The summed E-state index contributed by atoms with van der Waals surface area (Å²) in [7, 11) is 0. The lowest BCUT2D eigenvalue weighted by Gasteiger charge is -2.30. The first-order valence-corrected chi connectivity index (χ1v) is 8.29. The van der Waals surface area contributed by atoms with Crippen LogP contribution in [0.1, 0.15) is 32.4 Å². The molecule has 1 aliphatic heterocycles. The van der Waals surface area contributed by atoms with Crippen LogP contribution in [0.15, 0.2) is 0 Å². The highest BCUT2D eigenvalue weighted by Gasteiger charge is 2.22. The van der Waals surface area contributed by atoms with E-state index in [4.69, 9.17) is 17.2 Å². The lowest BCUT2D eigenvalue weighted by atomic mass is 10.0. The van der Waals surface area contributed by atoms with Gasteiger partial charge in [-0.25, -0.2) is 4.98 Å². The topological polar surface area (TPSA) is 60.6 Å². The van der Waals surface area contributed by atoms with E-state index in [9.17, 15) is 0 Å². The monoisotopic (exact) mass is 309 g/mol. The first-order chi connectivity index (χ1) is 9.67. The number of thiazole rings is 1. The van der Waals surface area contributed by atoms with Crippen LogP contribution in [0, 0.1) is 10.7 Å². The Labute approximate surface area is 127 Å². The number of aromatic amines is 2. The fraction of sp³-hybridized carbons (Fsp3) is 0.615. The van der Waals surface area contributed by atoms with Gasteiger partial charge in [0.25, 0.3) is 0 Å². The number of aryl methyl sites for hydroxylation is 1. The van der Waals surface area contributed by atoms with Crippen molar-refractivity contribution in [2.75, 3.05) is 18.0 Å². The first-order valence-electron chi connectivity index (χ1n) is 7.07. The molecule has 1 fully saturated rings. The lowest BCUT2D eigenvalue weighted by molar-refractivity contribution is 0.446. The minimum atomic E-state index is 0.489. The van der Waals surface area contributed by atoms with E-state index in [-0.39, 0.29) is 0 Å². The van der Waals surface area contributed by atoms with E-state index in [1.165, 1.54) is 12.8 Å². The third-order valence-corrected chi connectivity index (χ3v) is 5.02. The molecule has 0 spiro atoms. The summed E-state index contributed by atoms with van der Waals surface area (Å²) in [4.78, 5) is 12.6. The minimum Gasteiger partial charge on any atom is -0.348 e. The lowest BCUT2D eigenvalue weighted by Crippen LogP contribution is -2.34. The molecular formula is C13H19N5S2. The maximum atomic E-state index is 5.04. The Morgan fingerprint density at radius 3 is 2.90 bits per heavy atom. The van der Waals surface area contributed by atoms with Crippen molar-refractivity contribution in [3.63, 3.8) is 0 Å². The van der Waals surface area contributed by atoms with Gasteiger partial charge in [0.1, 0.15) is 0 Å². The highest BCUT2D eigenvalue weighted by Crippen LogP contribution is 2.35. The number of H-pyrrole nitrogens is 2. The highest BCUT2D eigenvalue weighted by atomic mass is 32.1. The second-order valence-corrected chi connectivity index (χ2v) is 6.70. The Bertz CT molecular complexity index is 641. The van der Waals surface area contributed by atoms with Crippen LogP contribution in [0.4, 0.5) is 5.13 Å². The van der Waals surface area contributed by atoms with E-state index < -0.39 is 0 Å². The fourth-order valence-corrected chi connectivity index (χ4v) is 3.92. The normalized spacial score (nSPS) is 19.5. The van der Waals surface area contributed by atoms with Crippen LogP contribution in [0.5, 0.6) is 0 Å². The number of nitrogens with one attached hydrogen (secondary N) is 2. The van der Waals surface area contributed by atoms with Crippen LogP contribution in [-0.4, -0.2) is 33.3 Å². The molecule has 2 aromatic heterocycles. The van der Waals surface area contributed by atoms with Crippen molar-refractivity contribution in [2.45, 2.75) is 33.1 Å². The second kappa shape index (κ2) is 5.65. The van der Waals surface area contributed by atoms with Gasteiger partial charge in [-0.2, -0.15) is 4.98 Å². The zero-order valence-electron chi connectivity index (χ0n) is 11.8. The number of aromatic nitrogens is 4. The third kappa shape index (κ3) is 2.64. The Morgan fingerprint density at radius 1 is 1.40 bits per heavy atom. The molecule has 20 heavy (non-hydrogen) atoms. The summed E-state index contributed by atoms with van der Waals surface area (Å²) in [5.41, 5.74) is 1.10. The molecule has 3 rings (SSSR count). The van der Waals surface area contributed by atoms with Crippen LogP contribution in [0.25, 0.3) is 10.7 Å². The van der Waals surface area contributed by atoms with Crippen molar-refractivity contribution >= 4 is 28.7 Å². The Hall–Kier alpha value is -1.21. The molecule has 108 valence electrons. The van der Waals surface area contributed by atoms with Crippen LogP contribution in [-0.2, 0) is 6.42 Å². The van der Waals surface area contributed by atoms with Gasteiger partial charge < -0.3 is 4.90 Å². The summed E-state index contributed by atoms with van der Waals surface area (Å²) in [5, 5.41) is 7.01. The van der Waals surface area contributed by atoms with Crippen LogP contribution in [0.2, 0.25) is 0 Å². The number of hydrogen-bond acceptors (Lipinski definition) is 5. The van der Waals surface area contributed by atoms with Gasteiger partial charge in [-0.3, -0.25) is 10.2 Å². The molecule has 0 saturated carbocycles. The Kier molecular flexibility index (Phi) is 3.89. The maximum Gasteiger partial charge on any atom is 0.213 e. The van der Waals surface area contributed by atoms with Gasteiger partial charge in [-0.1, -0.05) is 25.2 Å². The maximum absolute atomic E-state index is 5.04. The SMILES string of the molecule is CCc1nc(N2CCCC(C)C2)sc1-c1nc(=S)[nH][nH]1. The van der Waals surface area contributed by atoms with E-state index in [0.717, 1.165) is 47.0 Å². The second-order valence-electron chi connectivity index (χ2n) is 5.33. The van der Waals surface area contributed by atoms with Gasteiger partial charge in [-0.15, -0.1) is 0 Å². The van der Waals surface area contributed by atoms with Crippen LogP contribution >= 0.6 is 23.6 Å². The molecule has 3 heterocycles. The fourth-order valence-electron chi connectivity index (χ4n) is 2.64. The molecule has 0 aliphatic carbocycles. The van der Waals surface area contributed by atoms with Crippen LogP contribution < -0.4 is 4.90 Å². The van der Waals surface area contributed by atoms with E-state index in [1.54, 1.807) is 11.3 Å². The van der Waals surface area contributed by atoms with Crippen molar-refractivity contribution in [1.82, 2.24) is 20.2 Å². The number of piperidine rings is 1. The molecule has 2 aromatic rings. The zero-order chi connectivity index (χ0) is 14.1. The Balaban J connectivity index is 1.94. The van der Waals surface area contributed by atoms with Crippen molar-refractivity contribution in [3.8, 4) is 10.7 Å². The van der Waals surface area contributed by atoms with E-state index in [1.807, 2.05) is 0 Å². The van der Waals surface area contributed by atoms with Crippen molar-refractivity contribution < 1.29 is 0 Å². The number of anilines is 1. The minimum absolute atomic E-state index is 0.489. The summed E-state index contributed by atoms with van der Waals surface area (Å²) in [6.45, 7) is 6.65. The first kappa shape index (κ1) is 13.8.